The lowest BCUT2D eigenvalue weighted by Crippen LogP contribution is -2.65. The summed E-state index contributed by atoms with van der Waals surface area (Å²) < 4.78 is 15.2. The van der Waals surface area contributed by atoms with Crippen LogP contribution in [-0.2, 0) is 30.5 Å². The van der Waals surface area contributed by atoms with Crippen LogP contribution in [0.1, 0.15) is 37.7 Å². The fourth-order valence-electron chi connectivity index (χ4n) is 3.38. The van der Waals surface area contributed by atoms with Gasteiger partial charge in [0.2, 0.25) is 5.91 Å². The predicted molar refractivity (Wildman–Crippen MR) is 155 cm³/mol. The highest BCUT2D eigenvalue weighted by atomic mass is 35.5. The summed E-state index contributed by atoms with van der Waals surface area (Å²) in [5.41, 5.74) is 4.40. The smallest absolute Gasteiger partial charge is 0.408 e. The lowest BCUT2D eigenvalue weighted by Gasteiger charge is -2.19. The standard InChI is InChI=1S/C26H28Cl5N3O7/c1-39-24(36)15(32)10-11-17(35)33-12-6-5-9-16(34-26(38)40-13-14-7-3-2-4-8-14)25(37)41-23-21(30)19(28)18(27)20(29)22(23)31/h2-4,7-8,15-16H,5-6,9-13,32H2,1H3,(H,33,35)(H,34,38)/p+1/t15-,16-/m0/s1. The molecule has 0 unspecified atom stereocenters. The summed E-state index contributed by atoms with van der Waals surface area (Å²) in [5, 5.41) is 4.31. The highest BCUT2D eigenvalue weighted by molar-refractivity contribution is 6.55. The third-order valence-corrected chi connectivity index (χ3v) is 7.90. The van der Waals surface area contributed by atoms with E-state index in [1.165, 1.54) is 7.11 Å². The molecule has 0 fully saturated rings. The number of esters is 2. The Morgan fingerprint density at radius 3 is 2.07 bits per heavy atom. The summed E-state index contributed by atoms with van der Waals surface area (Å²) in [4.78, 5) is 49.0. The Morgan fingerprint density at radius 1 is 0.854 bits per heavy atom. The number of rotatable bonds is 14. The van der Waals surface area contributed by atoms with E-state index in [4.69, 9.17) is 67.5 Å². The lowest BCUT2D eigenvalue weighted by atomic mass is 10.1. The maximum Gasteiger partial charge on any atom is 0.408 e. The second kappa shape index (κ2) is 17.5. The van der Waals surface area contributed by atoms with Crippen LogP contribution in [0.4, 0.5) is 4.79 Å². The maximum absolute atomic E-state index is 13.1. The molecular weight excluding hydrogens is 644 g/mol. The van der Waals surface area contributed by atoms with Crippen molar-refractivity contribution in [1.29, 1.82) is 0 Å². The summed E-state index contributed by atoms with van der Waals surface area (Å²) in [6.07, 6.45) is 0.445. The Labute approximate surface area is 262 Å². The van der Waals surface area contributed by atoms with E-state index >= 15 is 0 Å². The van der Waals surface area contributed by atoms with Gasteiger partial charge in [-0.2, -0.15) is 0 Å². The molecule has 41 heavy (non-hydrogen) atoms. The number of benzene rings is 2. The van der Waals surface area contributed by atoms with Crippen molar-refractivity contribution in [1.82, 2.24) is 10.6 Å². The number of ether oxygens (including phenoxy) is 3. The van der Waals surface area contributed by atoms with Gasteiger partial charge in [-0.05, 0) is 24.8 Å². The first-order valence-electron chi connectivity index (χ1n) is 12.3. The van der Waals surface area contributed by atoms with Gasteiger partial charge >= 0.3 is 18.0 Å². The molecule has 0 saturated heterocycles. The number of carbonyl (C=O) groups excluding carboxylic acids is 4. The Morgan fingerprint density at radius 2 is 1.46 bits per heavy atom. The monoisotopic (exact) mass is 670 g/mol. The number of quaternary nitrogens is 1. The first-order valence-corrected chi connectivity index (χ1v) is 14.2. The van der Waals surface area contributed by atoms with E-state index in [1.54, 1.807) is 24.3 Å². The Bertz CT molecular complexity index is 1200. The molecule has 10 nitrogen and oxygen atoms in total. The second-order valence-electron chi connectivity index (χ2n) is 8.68. The van der Waals surface area contributed by atoms with Crippen molar-refractivity contribution in [2.24, 2.45) is 0 Å². The van der Waals surface area contributed by atoms with Gasteiger partial charge in [-0.3, -0.25) is 4.79 Å². The van der Waals surface area contributed by atoms with Gasteiger partial charge in [0.15, 0.2) is 11.8 Å². The van der Waals surface area contributed by atoms with Crippen LogP contribution < -0.4 is 21.1 Å². The van der Waals surface area contributed by atoms with Crippen molar-refractivity contribution in [3.05, 3.63) is 61.0 Å². The first-order chi connectivity index (χ1) is 19.5. The third-order valence-electron chi connectivity index (χ3n) is 5.66. The molecule has 0 aliphatic rings. The molecule has 0 aromatic heterocycles. The largest absolute Gasteiger partial charge is 0.465 e. The van der Waals surface area contributed by atoms with Gasteiger partial charge < -0.3 is 30.6 Å². The molecule has 2 aromatic rings. The van der Waals surface area contributed by atoms with Crippen LogP contribution in [0.5, 0.6) is 5.75 Å². The molecular formula is C26H29Cl5N3O7+. The molecule has 0 aliphatic heterocycles. The number of halogens is 5. The van der Waals surface area contributed by atoms with Crippen molar-refractivity contribution in [2.75, 3.05) is 13.7 Å². The van der Waals surface area contributed by atoms with Gasteiger partial charge in [-0.25, -0.2) is 14.4 Å². The average Bonchev–Trinajstić information content (AvgIpc) is 2.98. The van der Waals surface area contributed by atoms with Crippen LogP contribution in [0.3, 0.4) is 0 Å². The molecule has 0 heterocycles. The molecule has 0 radical (unpaired) electrons. The number of methoxy groups -OCH3 is 1. The van der Waals surface area contributed by atoms with E-state index in [9.17, 15) is 19.2 Å². The number of hydrogen-bond acceptors (Lipinski definition) is 7. The Kier molecular flexibility index (Phi) is 14.8. The highest BCUT2D eigenvalue weighted by Gasteiger charge is 2.28. The van der Waals surface area contributed by atoms with Crippen molar-refractivity contribution < 1.29 is 39.1 Å². The van der Waals surface area contributed by atoms with E-state index < -0.39 is 30.1 Å². The van der Waals surface area contributed by atoms with E-state index in [-0.39, 0.29) is 62.6 Å². The zero-order valence-corrected chi connectivity index (χ0v) is 25.7. The molecule has 2 atom stereocenters. The Hall–Kier alpha value is -2.47. The molecule has 0 aliphatic carbocycles. The summed E-state index contributed by atoms with van der Waals surface area (Å²) in [7, 11) is 1.25. The molecule has 2 rings (SSSR count). The molecule has 0 saturated carbocycles. The molecule has 15 heteroatoms. The fraction of sp³-hybridized carbons (Fsp3) is 0.385. The second-order valence-corrected chi connectivity index (χ2v) is 10.6. The highest BCUT2D eigenvalue weighted by Crippen LogP contribution is 2.48. The van der Waals surface area contributed by atoms with Crippen LogP contribution >= 0.6 is 58.0 Å². The maximum atomic E-state index is 13.1. The van der Waals surface area contributed by atoms with Crippen molar-refractivity contribution >= 4 is 81.9 Å². The van der Waals surface area contributed by atoms with E-state index in [0.717, 1.165) is 5.56 Å². The topological polar surface area (TPSA) is 148 Å². The number of alkyl carbamates (subject to hydrolysis) is 1. The van der Waals surface area contributed by atoms with Crippen LogP contribution in [0, 0.1) is 0 Å². The summed E-state index contributed by atoms with van der Waals surface area (Å²) >= 11 is 30.5. The molecule has 2 amide bonds. The molecule has 0 spiro atoms. The van der Waals surface area contributed by atoms with E-state index in [0.29, 0.717) is 19.4 Å². The number of hydrogen-bond donors (Lipinski definition) is 3. The zero-order valence-electron chi connectivity index (χ0n) is 21.9. The molecule has 5 N–H and O–H groups in total. The van der Waals surface area contributed by atoms with Gasteiger partial charge in [0.1, 0.15) is 22.7 Å². The molecule has 224 valence electrons. The normalized spacial score (nSPS) is 12.2. The predicted octanol–water partition coefficient (Wildman–Crippen LogP) is 5.00. The third kappa shape index (κ3) is 11.0. The van der Waals surface area contributed by atoms with Crippen molar-refractivity contribution in [3.8, 4) is 5.75 Å². The summed E-state index contributed by atoms with van der Waals surface area (Å²) in [6, 6.07) is 7.14. The van der Waals surface area contributed by atoms with Crippen molar-refractivity contribution in [2.45, 2.75) is 50.8 Å². The first kappa shape index (κ1) is 34.7. The van der Waals surface area contributed by atoms with E-state index in [2.05, 4.69) is 21.1 Å². The van der Waals surface area contributed by atoms with Gasteiger partial charge in [-0.1, -0.05) is 88.3 Å². The molecule has 0 bridgehead atoms. The number of amides is 2. The van der Waals surface area contributed by atoms with Crippen LogP contribution in [0.25, 0.3) is 0 Å². The molecule has 2 aromatic carbocycles. The number of nitrogens with one attached hydrogen (secondary N) is 2. The quantitative estimate of drug-likeness (QED) is 0.0841. The van der Waals surface area contributed by atoms with Gasteiger partial charge in [0.25, 0.3) is 0 Å². The van der Waals surface area contributed by atoms with E-state index in [1.807, 2.05) is 6.07 Å². The average molecular weight is 673 g/mol. The lowest BCUT2D eigenvalue weighted by molar-refractivity contribution is -0.409. The number of carbonyl (C=O) groups is 4. The van der Waals surface area contributed by atoms with Crippen LogP contribution in [-0.4, -0.2) is 49.7 Å². The fourth-order valence-corrected chi connectivity index (χ4v) is 4.58. The summed E-state index contributed by atoms with van der Waals surface area (Å²) in [5.74, 6) is -1.98. The summed E-state index contributed by atoms with van der Waals surface area (Å²) in [6.45, 7) is 0.268. The number of unbranched alkanes of at least 4 members (excludes halogenated alkanes) is 1. The van der Waals surface area contributed by atoms with Crippen LogP contribution in [0.2, 0.25) is 25.1 Å². The minimum absolute atomic E-state index is 0.0232. The van der Waals surface area contributed by atoms with Gasteiger partial charge in [-0.15, -0.1) is 0 Å². The minimum Gasteiger partial charge on any atom is -0.465 e. The zero-order chi connectivity index (χ0) is 30.5. The van der Waals surface area contributed by atoms with Gasteiger partial charge in [0.05, 0.1) is 22.2 Å². The van der Waals surface area contributed by atoms with Gasteiger partial charge in [0, 0.05) is 19.4 Å². The Balaban J connectivity index is 1.99. The van der Waals surface area contributed by atoms with Crippen molar-refractivity contribution in [3.63, 3.8) is 0 Å². The minimum atomic E-state index is -1.18. The van der Waals surface area contributed by atoms with Crippen LogP contribution in [0.15, 0.2) is 30.3 Å². The SMILES string of the molecule is COC(=O)[C@@H]([NH3+])CCC(=O)NCCCC[C@H](NC(=O)OCc1ccccc1)C(=O)Oc1c(Cl)c(Cl)c(Cl)c(Cl)c1Cl.